The van der Waals surface area contributed by atoms with Crippen LogP contribution in [0.3, 0.4) is 0 Å². The molecule has 3 aromatic carbocycles. The summed E-state index contributed by atoms with van der Waals surface area (Å²) in [6.45, 7) is 3.60. The summed E-state index contributed by atoms with van der Waals surface area (Å²) in [6, 6.07) is 18.5. The Morgan fingerprint density at radius 3 is 2.68 bits per heavy atom. The molecule has 3 heterocycles. The van der Waals surface area contributed by atoms with Gasteiger partial charge in [-0.3, -0.25) is 9.36 Å². The van der Waals surface area contributed by atoms with Crippen molar-refractivity contribution >= 4 is 51.7 Å². The lowest BCUT2D eigenvalue weighted by atomic mass is 9.90. The molecule has 0 saturated carbocycles. The van der Waals surface area contributed by atoms with E-state index in [0.717, 1.165) is 22.1 Å². The highest BCUT2D eigenvalue weighted by atomic mass is 35.5. The predicted octanol–water partition coefficient (Wildman–Crippen LogP) is 5.57. The van der Waals surface area contributed by atoms with E-state index < -0.39 is 18.0 Å². The zero-order valence-corrected chi connectivity index (χ0v) is 25.4. The highest BCUT2D eigenvalue weighted by molar-refractivity contribution is 7.07. The fourth-order valence-electron chi connectivity index (χ4n) is 5.36. The van der Waals surface area contributed by atoms with Gasteiger partial charge in [-0.05, 0) is 61.0 Å². The SMILES string of the molecule is CCOC(=O)C1=C(C)N=c2sc(=Cc3ccc(-c4ccc(Cl)c(C(=O)O)c4)o3)c(=O)n2C1c1c(OC)ccc2ccccc12. The van der Waals surface area contributed by atoms with E-state index in [9.17, 15) is 19.5 Å². The summed E-state index contributed by atoms with van der Waals surface area (Å²) in [5, 5.41) is 11.3. The van der Waals surface area contributed by atoms with E-state index in [1.165, 1.54) is 16.7 Å². The van der Waals surface area contributed by atoms with Gasteiger partial charge in [-0.25, -0.2) is 14.6 Å². The van der Waals surface area contributed by atoms with Gasteiger partial charge in [0.15, 0.2) is 4.80 Å². The summed E-state index contributed by atoms with van der Waals surface area (Å²) in [6.07, 6.45) is 1.60. The highest BCUT2D eigenvalue weighted by Crippen LogP contribution is 2.40. The Labute approximate surface area is 259 Å². The van der Waals surface area contributed by atoms with E-state index in [2.05, 4.69) is 4.99 Å². The van der Waals surface area contributed by atoms with Crippen molar-refractivity contribution in [1.82, 2.24) is 4.57 Å². The Morgan fingerprint density at radius 1 is 1.14 bits per heavy atom. The van der Waals surface area contributed by atoms with E-state index in [1.807, 2.05) is 36.4 Å². The number of carbonyl (C=O) groups is 2. The normalized spacial score (nSPS) is 14.8. The molecule has 2 aromatic heterocycles. The molecule has 1 atom stereocenters. The minimum Gasteiger partial charge on any atom is -0.496 e. The smallest absolute Gasteiger partial charge is 0.338 e. The van der Waals surface area contributed by atoms with Gasteiger partial charge in [-0.1, -0.05) is 53.3 Å². The van der Waals surface area contributed by atoms with Crippen LogP contribution >= 0.6 is 22.9 Å². The first-order valence-corrected chi connectivity index (χ1v) is 14.8. The van der Waals surface area contributed by atoms with E-state index in [-0.39, 0.29) is 28.3 Å². The van der Waals surface area contributed by atoms with Crippen LogP contribution in [0.2, 0.25) is 5.02 Å². The number of fused-ring (bicyclic) bond motifs is 2. The number of aromatic carboxylic acids is 1. The van der Waals surface area contributed by atoms with Gasteiger partial charge in [0, 0.05) is 17.2 Å². The topological polar surface area (TPSA) is 120 Å². The van der Waals surface area contributed by atoms with Crippen molar-refractivity contribution in [3.05, 3.63) is 120 Å². The Bertz CT molecular complexity index is 2190. The van der Waals surface area contributed by atoms with Crippen LogP contribution in [0.1, 0.15) is 41.6 Å². The maximum Gasteiger partial charge on any atom is 0.338 e. The number of carboxylic acids is 1. The molecular formula is C33H25ClN2O7S. The number of thiazole rings is 1. The number of nitrogens with zero attached hydrogens (tertiary/aromatic N) is 2. The third kappa shape index (κ3) is 5.01. The second-order valence-corrected chi connectivity index (χ2v) is 11.3. The third-order valence-corrected chi connectivity index (χ3v) is 8.64. The highest BCUT2D eigenvalue weighted by Gasteiger charge is 2.36. The molecule has 11 heteroatoms. The number of methoxy groups -OCH3 is 1. The van der Waals surface area contributed by atoms with Crippen LogP contribution in [0.25, 0.3) is 28.2 Å². The number of benzene rings is 3. The quantitative estimate of drug-likeness (QED) is 0.234. The summed E-state index contributed by atoms with van der Waals surface area (Å²) in [7, 11) is 1.55. The van der Waals surface area contributed by atoms with Gasteiger partial charge in [0.2, 0.25) is 0 Å². The molecule has 44 heavy (non-hydrogen) atoms. The van der Waals surface area contributed by atoms with Crippen LogP contribution in [0.4, 0.5) is 0 Å². The molecule has 5 aromatic rings. The maximum atomic E-state index is 14.1. The predicted molar refractivity (Wildman–Crippen MR) is 167 cm³/mol. The van der Waals surface area contributed by atoms with E-state index in [0.29, 0.717) is 43.4 Å². The number of carbonyl (C=O) groups excluding carboxylic acids is 1. The summed E-state index contributed by atoms with van der Waals surface area (Å²) in [5.74, 6) is -0.430. The number of esters is 1. The van der Waals surface area contributed by atoms with Crippen molar-refractivity contribution in [3.63, 3.8) is 0 Å². The fraction of sp³-hybridized carbons (Fsp3) is 0.152. The van der Waals surface area contributed by atoms with Gasteiger partial charge in [0.25, 0.3) is 5.56 Å². The Morgan fingerprint density at radius 2 is 1.93 bits per heavy atom. The molecule has 0 amide bonds. The number of carboxylic acid groups (broad SMARTS) is 1. The molecule has 6 rings (SSSR count). The molecular weight excluding hydrogens is 604 g/mol. The lowest BCUT2D eigenvalue weighted by Gasteiger charge is -2.27. The van der Waals surface area contributed by atoms with Gasteiger partial charge in [-0.2, -0.15) is 0 Å². The van der Waals surface area contributed by atoms with Gasteiger partial charge < -0.3 is 19.0 Å². The molecule has 222 valence electrons. The van der Waals surface area contributed by atoms with E-state index in [1.54, 1.807) is 45.2 Å². The molecule has 0 saturated heterocycles. The van der Waals surface area contributed by atoms with Crippen molar-refractivity contribution in [2.75, 3.05) is 13.7 Å². The zero-order chi connectivity index (χ0) is 31.1. The Hall–Kier alpha value is -4.93. The van der Waals surface area contributed by atoms with Gasteiger partial charge >= 0.3 is 11.9 Å². The summed E-state index contributed by atoms with van der Waals surface area (Å²) < 4.78 is 19.0. The summed E-state index contributed by atoms with van der Waals surface area (Å²) in [5.41, 5.74) is 1.43. The number of hydrogen-bond acceptors (Lipinski definition) is 8. The first-order valence-electron chi connectivity index (χ1n) is 13.6. The minimum absolute atomic E-state index is 0.0490. The zero-order valence-electron chi connectivity index (χ0n) is 23.8. The average molecular weight is 629 g/mol. The number of rotatable bonds is 7. The van der Waals surface area contributed by atoms with Crippen molar-refractivity contribution in [3.8, 4) is 17.1 Å². The molecule has 1 aliphatic rings. The van der Waals surface area contributed by atoms with Gasteiger partial charge in [0.1, 0.15) is 23.3 Å². The van der Waals surface area contributed by atoms with Crippen molar-refractivity contribution in [2.24, 2.45) is 4.99 Å². The molecule has 0 bridgehead atoms. The number of hydrogen-bond donors (Lipinski definition) is 1. The van der Waals surface area contributed by atoms with Crippen LogP contribution in [-0.4, -0.2) is 35.3 Å². The number of halogens is 1. The average Bonchev–Trinajstić information content (AvgIpc) is 3.60. The molecule has 0 aliphatic carbocycles. The van der Waals surface area contributed by atoms with Crippen LogP contribution in [0.5, 0.6) is 5.75 Å². The lowest BCUT2D eigenvalue weighted by molar-refractivity contribution is -0.139. The van der Waals surface area contributed by atoms with Crippen molar-refractivity contribution < 1.29 is 28.6 Å². The van der Waals surface area contributed by atoms with Crippen LogP contribution in [0, 0.1) is 0 Å². The molecule has 1 aliphatic heterocycles. The molecule has 0 fully saturated rings. The van der Waals surface area contributed by atoms with Crippen LogP contribution in [0.15, 0.2) is 92.2 Å². The maximum absolute atomic E-state index is 14.1. The molecule has 0 spiro atoms. The second kappa shape index (κ2) is 11.6. The fourth-order valence-corrected chi connectivity index (χ4v) is 6.58. The molecule has 1 N–H and O–H groups in total. The first-order chi connectivity index (χ1) is 21.2. The van der Waals surface area contributed by atoms with Gasteiger partial charge in [-0.15, -0.1) is 0 Å². The minimum atomic E-state index is -1.15. The van der Waals surface area contributed by atoms with Crippen molar-refractivity contribution in [1.29, 1.82) is 0 Å². The molecule has 1 unspecified atom stereocenters. The number of ether oxygens (including phenoxy) is 2. The third-order valence-electron chi connectivity index (χ3n) is 7.32. The first kappa shape index (κ1) is 29.2. The second-order valence-electron chi connectivity index (χ2n) is 9.91. The molecule has 0 radical (unpaired) electrons. The molecule has 9 nitrogen and oxygen atoms in total. The van der Waals surface area contributed by atoms with Crippen molar-refractivity contribution in [2.45, 2.75) is 19.9 Å². The monoisotopic (exact) mass is 628 g/mol. The van der Waals surface area contributed by atoms with Gasteiger partial charge in [0.05, 0.1) is 40.1 Å². The lowest BCUT2D eigenvalue weighted by Crippen LogP contribution is -2.40. The Kier molecular flexibility index (Phi) is 7.71. The standard InChI is InChI=1S/C33H25ClN2O7S/c1-4-42-32(40)27-17(2)35-33-36(29(27)28-21-8-6-5-7-18(21)10-13-25(28)41-3)30(37)26(44-33)16-20-11-14-24(43-20)19-9-12-23(34)22(15-19)31(38)39/h5-16,29H,4H2,1-3H3,(H,38,39). The van der Waals surface area contributed by atoms with E-state index in [4.69, 9.17) is 25.5 Å². The van der Waals surface area contributed by atoms with E-state index >= 15 is 0 Å². The number of furan rings is 1. The number of aromatic nitrogens is 1. The summed E-state index contributed by atoms with van der Waals surface area (Å²) in [4.78, 5) is 44.2. The summed E-state index contributed by atoms with van der Waals surface area (Å²) >= 11 is 7.18. The van der Waals surface area contributed by atoms with Crippen LogP contribution in [-0.2, 0) is 9.53 Å². The largest absolute Gasteiger partial charge is 0.496 e. The number of allylic oxidation sites excluding steroid dienone is 1. The Balaban J connectivity index is 1.54. The van der Waals surface area contributed by atoms with Crippen LogP contribution < -0.4 is 19.6 Å².